The van der Waals surface area contributed by atoms with Crippen LogP contribution in [0.4, 0.5) is 0 Å². The van der Waals surface area contributed by atoms with Crippen molar-refractivity contribution in [3.8, 4) is 0 Å². The van der Waals surface area contributed by atoms with Gasteiger partial charge in [-0.3, -0.25) is 9.48 Å². The minimum atomic E-state index is 0.0450. The first-order valence-corrected chi connectivity index (χ1v) is 7.01. The minimum Gasteiger partial charge on any atom is -0.361 e. The van der Waals surface area contributed by atoms with Crippen LogP contribution in [0.1, 0.15) is 11.1 Å². The lowest BCUT2D eigenvalue weighted by Crippen LogP contribution is -2.27. The molecular weight excluding hydrogens is 264 g/mol. The summed E-state index contributed by atoms with van der Waals surface area (Å²) in [5.41, 5.74) is 3.23. The molecule has 2 heterocycles. The van der Waals surface area contributed by atoms with Gasteiger partial charge in [-0.15, -0.1) is 0 Å². The van der Waals surface area contributed by atoms with Crippen molar-refractivity contribution in [2.45, 2.75) is 12.8 Å². The Hall–Kier alpha value is -2.56. The second-order valence-electron chi connectivity index (χ2n) is 5.16. The van der Waals surface area contributed by atoms with Crippen LogP contribution in [-0.4, -0.2) is 27.2 Å². The van der Waals surface area contributed by atoms with Crippen LogP contribution >= 0.6 is 0 Å². The van der Waals surface area contributed by atoms with Crippen LogP contribution in [-0.2, 0) is 24.7 Å². The predicted molar refractivity (Wildman–Crippen MR) is 81.9 cm³/mol. The Kier molecular flexibility index (Phi) is 3.73. The highest BCUT2D eigenvalue weighted by Crippen LogP contribution is 2.17. The van der Waals surface area contributed by atoms with E-state index < -0.39 is 0 Å². The fourth-order valence-corrected chi connectivity index (χ4v) is 2.46. The summed E-state index contributed by atoms with van der Waals surface area (Å²) in [6, 6.07) is 8.01. The average molecular weight is 282 g/mol. The maximum atomic E-state index is 12.0. The van der Waals surface area contributed by atoms with Gasteiger partial charge in [-0.2, -0.15) is 5.10 Å². The van der Waals surface area contributed by atoms with Crippen LogP contribution in [0.3, 0.4) is 0 Å². The van der Waals surface area contributed by atoms with Gasteiger partial charge in [0.2, 0.25) is 5.91 Å². The smallest absolute Gasteiger partial charge is 0.224 e. The Morgan fingerprint density at radius 1 is 1.38 bits per heavy atom. The maximum Gasteiger partial charge on any atom is 0.224 e. The standard InChI is InChI=1S/C16H18N4O/c1-20-11-12(9-19-20)6-7-17-16(21)8-13-10-18-15-5-3-2-4-14(13)15/h2-5,9-11,18H,6-8H2,1H3,(H,17,21). The Labute approximate surface area is 123 Å². The summed E-state index contributed by atoms with van der Waals surface area (Å²) in [5, 5.41) is 8.17. The van der Waals surface area contributed by atoms with Crippen molar-refractivity contribution >= 4 is 16.8 Å². The number of aryl methyl sites for hydroxylation is 1. The molecule has 5 nitrogen and oxygen atoms in total. The van der Waals surface area contributed by atoms with E-state index in [0.717, 1.165) is 28.5 Å². The summed E-state index contributed by atoms with van der Waals surface area (Å²) in [4.78, 5) is 15.2. The van der Waals surface area contributed by atoms with E-state index in [-0.39, 0.29) is 5.91 Å². The van der Waals surface area contributed by atoms with Crippen LogP contribution < -0.4 is 5.32 Å². The van der Waals surface area contributed by atoms with E-state index >= 15 is 0 Å². The summed E-state index contributed by atoms with van der Waals surface area (Å²) in [6.07, 6.45) is 6.90. The van der Waals surface area contributed by atoms with Gasteiger partial charge in [0.05, 0.1) is 12.6 Å². The van der Waals surface area contributed by atoms with Gasteiger partial charge in [0, 0.05) is 36.9 Å². The molecule has 3 rings (SSSR count). The van der Waals surface area contributed by atoms with E-state index in [1.807, 2.05) is 49.9 Å². The number of hydrogen-bond donors (Lipinski definition) is 2. The Morgan fingerprint density at radius 3 is 3.05 bits per heavy atom. The third-order valence-electron chi connectivity index (χ3n) is 3.52. The van der Waals surface area contributed by atoms with Crippen molar-refractivity contribution in [2.75, 3.05) is 6.54 Å². The second-order valence-corrected chi connectivity index (χ2v) is 5.16. The first kappa shape index (κ1) is 13.4. The number of fused-ring (bicyclic) bond motifs is 1. The zero-order valence-corrected chi connectivity index (χ0v) is 12.0. The SMILES string of the molecule is Cn1cc(CCNC(=O)Cc2c[nH]c3ccccc23)cn1. The van der Waals surface area contributed by atoms with Crippen molar-refractivity contribution in [1.82, 2.24) is 20.1 Å². The van der Waals surface area contributed by atoms with Crippen LogP contribution in [0.25, 0.3) is 10.9 Å². The molecule has 1 amide bonds. The third kappa shape index (κ3) is 3.13. The first-order valence-electron chi connectivity index (χ1n) is 7.01. The number of H-pyrrole nitrogens is 1. The molecule has 0 spiro atoms. The highest BCUT2D eigenvalue weighted by atomic mass is 16.1. The van der Waals surface area contributed by atoms with E-state index in [2.05, 4.69) is 15.4 Å². The number of para-hydroxylation sites is 1. The van der Waals surface area contributed by atoms with Gasteiger partial charge in [0.15, 0.2) is 0 Å². The van der Waals surface area contributed by atoms with Gasteiger partial charge >= 0.3 is 0 Å². The van der Waals surface area contributed by atoms with Gasteiger partial charge in [0.25, 0.3) is 0 Å². The average Bonchev–Trinajstić information content (AvgIpc) is 3.06. The number of rotatable bonds is 5. The lowest BCUT2D eigenvalue weighted by atomic mass is 10.1. The van der Waals surface area contributed by atoms with Crippen molar-refractivity contribution in [3.63, 3.8) is 0 Å². The molecular formula is C16H18N4O. The Balaban J connectivity index is 1.54. The summed E-state index contributed by atoms with van der Waals surface area (Å²) in [6.45, 7) is 0.632. The number of nitrogens with one attached hydrogen (secondary N) is 2. The van der Waals surface area contributed by atoms with Crippen LogP contribution in [0.15, 0.2) is 42.9 Å². The Bertz CT molecular complexity index is 756. The number of hydrogen-bond acceptors (Lipinski definition) is 2. The molecule has 0 saturated carbocycles. The highest BCUT2D eigenvalue weighted by molar-refractivity contribution is 5.88. The summed E-state index contributed by atoms with van der Waals surface area (Å²) in [7, 11) is 1.89. The lowest BCUT2D eigenvalue weighted by molar-refractivity contribution is -0.120. The molecule has 5 heteroatoms. The van der Waals surface area contributed by atoms with Crippen molar-refractivity contribution in [3.05, 3.63) is 54.0 Å². The first-order chi connectivity index (χ1) is 10.2. The number of nitrogens with zero attached hydrogens (tertiary/aromatic N) is 2. The second kappa shape index (κ2) is 5.83. The summed E-state index contributed by atoms with van der Waals surface area (Å²) < 4.78 is 1.77. The normalized spacial score (nSPS) is 10.9. The van der Waals surface area contributed by atoms with E-state index in [1.165, 1.54) is 0 Å². The van der Waals surface area contributed by atoms with Crippen LogP contribution in [0.5, 0.6) is 0 Å². The zero-order valence-electron chi connectivity index (χ0n) is 12.0. The number of aromatic amines is 1. The molecule has 2 N–H and O–H groups in total. The number of amides is 1. The van der Waals surface area contributed by atoms with Gasteiger partial charge in [0.1, 0.15) is 0 Å². The molecule has 3 aromatic rings. The highest BCUT2D eigenvalue weighted by Gasteiger charge is 2.08. The van der Waals surface area contributed by atoms with Crippen molar-refractivity contribution in [2.24, 2.45) is 7.05 Å². The molecule has 0 fully saturated rings. The number of aromatic nitrogens is 3. The van der Waals surface area contributed by atoms with E-state index in [4.69, 9.17) is 0 Å². The largest absolute Gasteiger partial charge is 0.361 e. The van der Waals surface area contributed by atoms with Gasteiger partial charge in [-0.05, 0) is 23.6 Å². The van der Waals surface area contributed by atoms with Crippen LogP contribution in [0, 0.1) is 0 Å². The monoisotopic (exact) mass is 282 g/mol. The van der Waals surface area contributed by atoms with Crippen molar-refractivity contribution in [1.29, 1.82) is 0 Å². The summed E-state index contributed by atoms with van der Waals surface area (Å²) >= 11 is 0. The zero-order chi connectivity index (χ0) is 14.7. The van der Waals surface area contributed by atoms with E-state index in [1.54, 1.807) is 4.68 Å². The Morgan fingerprint density at radius 2 is 2.24 bits per heavy atom. The van der Waals surface area contributed by atoms with E-state index in [0.29, 0.717) is 13.0 Å². The molecule has 0 saturated heterocycles. The van der Waals surface area contributed by atoms with Gasteiger partial charge in [-0.25, -0.2) is 0 Å². The number of carbonyl (C=O) groups excluding carboxylic acids is 1. The maximum absolute atomic E-state index is 12.0. The van der Waals surface area contributed by atoms with E-state index in [9.17, 15) is 4.79 Å². The summed E-state index contributed by atoms with van der Waals surface area (Å²) in [5.74, 6) is 0.0450. The van der Waals surface area contributed by atoms with Gasteiger partial charge < -0.3 is 10.3 Å². The molecule has 0 unspecified atom stereocenters. The lowest BCUT2D eigenvalue weighted by Gasteiger charge is -2.03. The molecule has 0 aliphatic heterocycles. The number of carbonyl (C=O) groups is 1. The predicted octanol–water partition coefficient (Wildman–Crippen LogP) is 1.80. The molecule has 0 atom stereocenters. The molecule has 0 bridgehead atoms. The molecule has 2 aromatic heterocycles. The minimum absolute atomic E-state index is 0.0450. The molecule has 21 heavy (non-hydrogen) atoms. The third-order valence-corrected chi connectivity index (χ3v) is 3.52. The van der Waals surface area contributed by atoms with Crippen LogP contribution in [0.2, 0.25) is 0 Å². The van der Waals surface area contributed by atoms with Crippen molar-refractivity contribution < 1.29 is 4.79 Å². The molecule has 0 aliphatic rings. The molecule has 108 valence electrons. The fraction of sp³-hybridized carbons (Fsp3) is 0.250. The quantitative estimate of drug-likeness (QED) is 0.749. The molecule has 0 radical (unpaired) electrons. The molecule has 0 aliphatic carbocycles. The van der Waals surface area contributed by atoms with Gasteiger partial charge in [-0.1, -0.05) is 18.2 Å². The fourth-order valence-electron chi connectivity index (χ4n) is 2.46. The molecule has 1 aromatic carbocycles. The topological polar surface area (TPSA) is 62.7 Å². The number of benzene rings is 1.